The first-order chi connectivity index (χ1) is 13.5. The molecule has 0 amide bonds. The van der Waals surface area contributed by atoms with Gasteiger partial charge in [0.25, 0.3) is 5.69 Å². The van der Waals surface area contributed by atoms with Gasteiger partial charge < -0.3 is 14.4 Å². The van der Waals surface area contributed by atoms with Gasteiger partial charge in [0.15, 0.2) is 11.5 Å². The summed E-state index contributed by atoms with van der Waals surface area (Å²) in [6, 6.07) is 12.4. The molecule has 28 heavy (non-hydrogen) atoms. The molecule has 0 aliphatic carbocycles. The van der Waals surface area contributed by atoms with Crippen LogP contribution in [0, 0.1) is 21.4 Å². The topological polar surface area (TPSA) is 91.9 Å². The maximum Gasteiger partial charge on any atom is 0.270 e. The number of benzene rings is 2. The molecule has 0 saturated carbocycles. The highest BCUT2D eigenvalue weighted by Gasteiger charge is 2.21. The van der Waals surface area contributed by atoms with Crippen LogP contribution < -0.4 is 14.4 Å². The van der Waals surface area contributed by atoms with Crippen LogP contribution in [-0.2, 0) is 6.54 Å². The van der Waals surface area contributed by atoms with Gasteiger partial charge in [-0.1, -0.05) is 6.07 Å². The van der Waals surface area contributed by atoms with Crippen molar-refractivity contribution in [3.8, 4) is 17.6 Å². The minimum Gasteiger partial charge on any atom is -0.493 e. The van der Waals surface area contributed by atoms with Crippen molar-refractivity contribution in [1.82, 2.24) is 4.90 Å². The molecule has 1 fully saturated rings. The molecule has 0 aromatic heterocycles. The standard InChI is InChI=1S/C20H22N4O4/c1-27-19-6-3-15(11-20(19)28-2)14-22-7-9-23(10-8-22)18-5-4-17(24(25)26)12-16(18)13-21/h3-6,11-12H,7-10,14H2,1-2H3. The zero-order valence-corrected chi connectivity index (χ0v) is 15.9. The predicted molar refractivity (Wildman–Crippen MR) is 105 cm³/mol. The van der Waals surface area contributed by atoms with E-state index in [1.54, 1.807) is 20.3 Å². The van der Waals surface area contributed by atoms with Gasteiger partial charge in [-0.2, -0.15) is 5.26 Å². The number of hydrogen-bond donors (Lipinski definition) is 0. The van der Waals surface area contributed by atoms with Gasteiger partial charge in [-0.25, -0.2) is 0 Å². The van der Waals surface area contributed by atoms with Gasteiger partial charge in [-0.15, -0.1) is 0 Å². The van der Waals surface area contributed by atoms with Crippen molar-refractivity contribution in [3.63, 3.8) is 0 Å². The minimum atomic E-state index is -0.480. The lowest BCUT2D eigenvalue weighted by Gasteiger charge is -2.36. The maximum absolute atomic E-state index is 10.9. The van der Waals surface area contributed by atoms with Crippen LogP contribution in [0.2, 0.25) is 0 Å². The minimum absolute atomic E-state index is 0.0626. The van der Waals surface area contributed by atoms with Crippen LogP contribution >= 0.6 is 0 Å². The Morgan fingerprint density at radius 1 is 1.07 bits per heavy atom. The lowest BCUT2D eigenvalue weighted by molar-refractivity contribution is -0.384. The van der Waals surface area contributed by atoms with Crippen molar-refractivity contribution in [2.45, 2.75) is 6.54 Å². The van der Waals surface area contributed by atoms with Crippen LogP contribution in [0.15, 0.2) is 36.4 Å². The lowest BCUT2D eigenvalue weighted by atomic mass is 10.1. The highest BCUT2D eigenvalue weighted by Crippen LogP contribution is 2.29. The number of hydrogen-bond acceptors (Lipinski definition) is 7. The summed E-state index contributed by atoms with van der Waals surface area (Å²) >= 11 is 0. The molecule has 3 rings (SSSR count). The molecule has 0 atom stereocenters. The van der Waals surface area contributed by atoms with Gasteiger partial charge in [0.2, 0.25) is 0 Å². The summed E-state index contributed by atoms with van der Waals surface area (Å²) in [7, 11) is 3.24. The first-order valence-corrected chi connectivity index (χ1v) is 8.92. The molecule has 1 saturated heterocycles. The monoisotopic (exact) mass is 382 g/mol. The lowest BCUT2D eigenvalue weighted by Crippen LogP contribution is -2.46. The number of ether oxygens (including phenoxy) is 2. The summed E-state index contributed by atoms with van der Waals surface area (Å²) in [5.74, 6) is 1.42. The Kier molecular flexibility index (Phi) is 5.96. The van der Waals surface area contributed by atoms with Crippen molar-refractivity contribution in [2.24, 2.45) is 0 Å². The smallest absolute Gasteiger partial charge is 0.270 e. The highest BCUT2D eigenvalue weighted by molar-refractivity contribution is 5.63. The number of nitrogens with zero attached hydrogens (tertiary/aromatic N) is 4. The fourth-order valence-corrected chi connectivity index (χ4v) is 3.39. The molecule has 2 aromatic rings. The third kappa shape index (κ3) is 4.15. The third-order valence-electron chi connectivity index (χ3n) is 4.88. The summed E-state index contributed by atoms with van der Waals surface area (Å²) < 4.78 is 10.6. The fourth-order valence-electron chi connectivity index (χ4n) is 3.39. The van der Waals surface area contributed by atoms with Crippen LogP contribution in [0.1, 0.15) is 11.1 Å². The quantitative estimate of drug-likeness (QED) is 0.560. The SMILES string of the molecule is COc1ccc(CN2CCN(c3ccc([N+](=O)[O-])cc3C#N)CC2)cc1OC. The van der Waals surface area contributed by atoms with E-state index in [0.29, 0.717) is 17.1 Å². The van der Waals surface area contributed by atoms with Gasteiger partial charge in [0.05, 0.1) is 30.4 Å². The highest BCUT2D eigenvalue weighted by atomic mass is 16.6. The summed E-state index contributed by atoms with van der Waals surface area (Å²) in [5.41, 5.74) is 2.16. The number of non-ortho nitro benzene ring substituents is 1. The Bertz CT molecular complexity index is 902. The van der Waals surface area contributed by atoms with Gasteiger partial charge in [0.1, 0.15) is 6.07 Å². The average Bonchev–Trinajstić information content (AvgIpc) is 2.73. The molecular weight excluding hydrogens is 360 g/mol. The first-order valence-electron chi connectivity index (χ1n) is 8.92. The van der Waals surface area contributed by atoms with Crippen LogP contribution in [0.25, 0.3) is 0 Å². The largest absolute Gasteiger partial charge is 0.493 e. The number of piperazine rings is 1. The Balaban J connectivity index is 1.65. The number of anilines is 1. The van der Waals surface area contributed by atoms with Crippen LogP contribution in [-0.4, -0.2) is 50.2 Å². The summed E-state index contributed by atoms with van der Waals surface area (Å²) in [6.45, 7) is 3.95. The van der Waals surface area contributed by atoms with Gasteiger partial charge in [-0.3, -0.25) is 15.0 Å². The number of nitro groups is 1. The Morgan fingerprint density at radius 3 is 2.39 bits per heavy atom. The maximum atomic E-state index is 10.9. The van der Waals surface area contributed by atoms with E-state index in [4.69, 9.17) is 9.47 Å². The van der Waals surface area contributed by atoms with Crippen LogP contribution in [0.4, 0.5) is 11.4 Å². The van der Waals surface area contributed by atoms with E-state index in [9.17, 15) is 15.4 Å². The number of nitriles is 1. The second-order valence-corrected chi connectivity index (χ2v) is 6.52. The van der Waals surface area contributed by atoms with E-state index < -0.39 is 4.92 Å². The molecular formula is C20H22N4O4. The van der Waals surface area contributed by atoms with Crippen molar-refractivity contribution in [3.05, 3.63) is 57.6 Å². The van der Waals surface area contributed by atoms with Gasteiger partial charge >= 0.3 is 0 Å². The first kappa shape index (κ1) is 19.5. The normalized spacial score (nSPS) is 14.4. The van der Waals surface area contributed by atoms with Crippen LogP contribution in [0.5, 0.6) is 11.5 Å². The average molecular weight is 382 g/mol. The van der Waals surface area contributed by atoms with E-state index in [2.05, 4.69) is 15.9 Å². The van der Waals surface area contributed by atoms with E-state index in [-0.39, 0.29) is 5.69 Å². The summed E-state index contributed by atoms with van der Waals surface area (Å²) in [5, 5.41) is 20.3. The Labute approximate surface area is 163 Å². The second kappa shape index (κ2) is 8.59. The van der Waals surface area contributed by atoms with E-state index >= 15 is 0 Å². The molecule has 2 aromatic carbocycles. The van der Waals surface area contributed by atoms with Crippen molar-refractivity contribution in [1.29, 1.82) is 5.26 Å². The number of methoxy groups -OCH3 is 2. The predicted octanol–water partition coefficient (Wildman–Crippen LogP) is 2.81. The van der Waals surface area contributed by atoms with Gasteiger partial charge in [0, 0.05) is 44.9 Å². The fraction of sp³-hybridized carbons (Fsp3) is 0.350. The van der Waals surface area contributed by atoms with E-state index in [1.807, 2.05) is 18.2 Å². The van der Waals surface area contributed by atoms with Gasteiger partial charge in [-0.05, 0) is 23.8 Å². The molecule has 0 spiro atoms. The second-order valence-electron chi connectivity index (χ2n) is 6.52. The van der Waals surface area contributed by atoms with Crippen molar-refractivity contribution >= 4 is 11.4 Å². The Morgan fingerprint density at radius 2 is 1.79 bits per heavy atom. The van der Waals surface area contributed by atoms with E-state index in [0.717, 1.165) is 44.0 Å². The molecule has 1 aliphatic rings. The third-order valence-corrected chi connectivity index (χ3v) is 4.88. The Hall–Kier alpha value is -3.31. The molecule has 0 unspecified atom stereocenters. The zero-order chi connectivity index (χ0) is 20.1. The molecule has 8 nitrogen and oxygen atoms in total. The summed E-state index contributed by atoms with van der Waals surface area (Å²) in [4.78, 5) is 14.9. The van der Waals surface area contributed by atoms with Crippen molar-refractivity contribution in [2.75, 3.05) is 45.3 Å². The summed E-state index contributed by atoms with van der Waals surface area (Å²) in [6.07, 6.45) is 0. The number of nitro benzene ring substituents is 1. The molecule has 0 radical (unpaired) electrons. The number of rotatable bonds is 6. The van der Waals surface area contributed by atoms with Crippen molar-refractivity contribution < 1.29 is 14.4 Å². The molecule has 0 bridgehead atoms. The molecule has 8 heteroatoms. The molecule has 0 N–H and O–H groups in total. The zero-order valence-electron chi connectivity index (χ0n) is 15.9. The van der Waals surface area contributed by atoms with E-state index in [1.165, 1.54) is 12.1 Å². The van der Waals surface area contributed by atoms with Crippen LogP contribution in [0.3, 0.4) is 0 Å². The molecule has 146 valence electrons. The molecule has 1 aliphatic heterocycles. The molecule has 1 heterocycles.